The molecule has 0 aliphatic heterocycles. The number of H-pyrrole nitrogens is 2. The van der Waals surface area contributed by atoms with Gasteiger partial charge in [0.2, 0.25) is 5.95 Å². The number of fused-ring (bicyclic) bond motifs is 2. The highest BCUT2D eigenvalue weighted by Gasteiger charge is 2.12. The van der Waals surface area contributed by atoms with E-state index in [0.29, 0.717) is 29.0 Å². The summed E-state index contributed by atoms with van der Waals surface area (Å²) in [4.78, 5) is 31.3. The lowest BCUT2D eigenvalue weighted by atomic mass is 9.98. The van der Waals surface area contributed by atoms with Gasteiger partial charge in [0.05, 0.1) is 35.8 Å². The molecule has 3 aromatic carbocycles. The Morgan fingerprint density at radius 1 is 1.03 bits per heavy atom. The van der Waals surface area contributed by atoms with E-state index in [1.807, 2.05) is 48.5 Å². The number of rotatable bonds is 6. The van der Waals surface area contributed by atoms with E-state index >= 15 is 0 Å². The van der Waals surface area contributed by atoms with E-state index in [1.165, 1.54) is 0 Å². The van der Waals surface area contributed by atoms with Crippen LogP contribution in [0.5, 0.6) is 5.75 Å². The van der Waals surface area contributed by atoms with Crippen LogP contribution in [0, 0.1) is 0 Å². The van der Waals surface area contributed by atoms with Crippen molar-refractivity contribution in [2.24, 2.45) is 0 Å². The summed E-state index contributed by atoms with van der Waals surface area (Å²) < 4.78 is 10.5. The van der Waals surface area contributed by atoms with Crippen LogP contribution in [0.2, 0.25) is 0 Å². The van der Waals surface area contributed by atoms with Crippen LogP contribution < -0.4 is 15.6 Å². The summed E-state index contributed by atoms with van der Waals surface area (Å²) in [6.45, 7) is 2.02. The largest absolute Gasteiger partial charge is 0.497 e. The molecule has 2 aromatic heterocycles. The zero-order chi connectivity index (χ0) is 24.4. The van der Waals surface area contributed by atoms with Gasteiger partial charge in [0.15, 0.2) is 0 Å². The van der Waals surface area contributed by atoms with Crippen molar-refractivity contribution in [2.75, 3.05) is 19.0 Å². The van der Waals surface area contributed by atoms with E-state index in [0.717, 1.165) is 33.3 Å². The number of imidazole rings is 1. The maximum absolute atomic E-state index is 12.1. The predicted octanol–water partition coefficient (Wildman–Crippen LogP) is 4.63. The zero-order valence-electron chi connectivity index (χ0n) is 19.2. The number of nitrogens with zero attached hydrogens (tertiary/aromatic N) is 2. The van der Waals surface area contributed by atoms with Gasteiger partial charge in [-0.05, 0) is 53.9 Å². The van der Waals surface area contributed by atoms with Gasteiger partial charge in [0.25, 0.3) is 5.56 Å². The third-order valence-electron chi connectivity index (χ3n) is 5.66. The standard InChI is InChI=1S/C26H23N5O4/c1-3-35-26(33)29-25-27-21-9-8-16(14-23(21)28-25)17-10-15(11-18(13-17)34-2)12-22-19-6-4-5-7-20(19)24(32)31-30-22/h4-11,13-14H,3,12H2,1-2H3,(H,31,32)(H2,27,28,29,33). The monoisotopic (exact) mass is 469 g/mol. The number of methoxy groups -OCH3 is 1. The smallest absolute Gasteiger partial charge is 0.413 e. The molecule has 0 unspecified atom stereocenters. The Morgan fingerprint density at radius 3 is 2.66 bits per heavy atom. The first kappa shape index (κ1) is 22.1. The van der Waals surface area contributed by atoms with Crippen LogP contribution in [-0.2, 0) is 11.2 Å². The summed E-state index contributed by atoms with van der Waals surface area (Å²) in [6, 6.07) is 19.2. The van der Waals surface area contributed by atoms with Gasteiger partial charge in [-0.25, -0.2) is 14.9 Å². The second-order valence-electron chi connectivity index (χ2n) is 7.95. The number of benzene rings is 3. The summed E-state index contributed by atoms with van der Waals surface area (Å²) in [5.41, 5.74) is 4.93. The van der Waals surface area contributed by atoms with Crippen molar-refractivity contribution in [1.82, 2.24) is 20.2 Å². The minimum atomic E-state index is -0.562. The maximum atomic E-state index is 12.1. The molecule has 0 atom stereocenters. The molecule has 0 bridgehead atoms. The van der Waals surface area contributed by atoms with Crippen LogP contribution in [0.15, 0.2) is 65.5 Å². The summed E-state index contributed by atoms with van der Waals surface area (Å²) in [5, 5.41) is 10.9. The van der Waals surface area contributed by atoms with Gasteiger partial charge < -0.3 is 14.5 Å². The molecule has 0 spiro atoms. The molecule has 3 N–H and O–H groups in total. The van der Waals surface area contributed by atoms with Crippen LogP contribution in [0.1, 0.15) is 18.2 Å². The lowest BCUT2D eigenvalue weighted by molar-refractivity contribution is 0.167. The quantitative estimate of drug-likeness (QED) is 0.333. The first-order chi connectivity index (χ1) is 17.0. The van der Waals surface area contributed by atoms with Gasteiger partial charge in [0, 0.05) is 11.8 Å². The van der Waals surface area contributed by atoms with E-state index in [1.54, 1.807) is 20.1 Å². The number of ether oxygens (including phenoxy) is 2. The van der Waals surface area contributed by atoms with Crippen molar-refractivity contribution in [2.45, 2.75) is 13.3 Å². The molecular formula is C26H23N5O4. The molecule has 0 saturated carbocycles. The third kappa shape index (κ3) is 4.56. The van der Waals surface area contributed by atoms with E-state index in [2.05, 4.69) is 31.5 Å². The molecule has 0 radical (unpaired) electrons. The number of anilines is 1. The molecule has 9 nitrogen and oxygen atoms in total. The second-order valence-corrected chi connectivity index (χ2v) is 7.95. The van der Waals surface area contributed by atoms with Crippen LogP contribution in [0.3, 0.4) is 0 Å². The minimum absolute atomic E-state index is 0.208. The van der Waals surface area contributed by atoms with Gasteiger partial charge in [-0.3, -0.25) is 10.1 Å². The molecule has 176 valence electrons. The molecule has 0 fully saturated rings. The van der Waals surface area contributed by atoms with Crippen molar-refractivity contribution in [1.29, 1.82) is 0 Å². The molecule has 1 amide bonds. The molecule has 0 saturated heterocycles. The highest BCUT2D eigenvalue weighted by atomic mass is 16.5. The normalized spacial score (nSPS) is 11.0. The van der Waals surface area contributed by atoms with E-state index in [4.69, 9.17) is 9.47 Å². The first-order valence-electron chi connectivity index (χ1n) is 11.1. The lowest BCUT2D eigenvalue weighted by Gasteiger charge is -2.11. The lowest BCUT2D eigenvalue weighted by Crippen LogP contribution is -2.14. The van der Waals surface area contributed by atoms with Crippen LogP contribution in [0.4, 0.5) is 10.7 Å². The van der Waals surface area contributed by atoms with Gasteiger partial charge in [0.1, 0.15) is 5.75 Å². The number of carbonyl (C=O) groups excluding carboxylic acids is 1. The predicted molar refractivity (Wildman–Crippen MR) is 134 cm³/mol. The number of hydrogen-bond donors (Lipinski definition) is 3. The Labute approximate surface area is 200 Å². The zero-order valence-corrected chi connectivity index (χ0v) is 19.2. The van der Waals surface area contributed by atoms with E-state index in [-0.39, 0.29) is 12.2 Å². The Bertz CT molecular complexity index is 1610. The Morgan fingerprint density at radius 2 is 1.86 bits per heavy atom. The van der Waals surface area contributed by atoms with Crippen LogP contribution >= 0.6 is 0 Å². The number of nitrogens with one attached hydrogen (secondary N) is 3. The fourth-order valence-corrected chi connectivity index (χ4v) is 4.06. The Kier molecular flexibility index (Phi) is 5.88. The number of carbonyl (C=O) groups is 1. The highest BCUT2D eigenvalue weighted by molar-refractivity contribution is 5.88. The van der Waals surface area contributed by atoms with Crippen LogP contribution in [-0.4, -0.2) is 40.0 Å². The SMILES string of the molecule is CCOC(=O)Nc1nc2ccc(-c3cc(Cc4n[nH]c(=O)c5ccccc45)cc(OC)c3)cc2[nH]1. The Balaban J connectivity index is 1.50. The average Bonchev–Trinajstić information content (AvgIpc) is 3.27. The van der Waals surface area contributed by atoms with Gasteiger partial charge in [-0.1, -0.05) is 30.3 Å². The van der Waals surface area contributed by atoms with Crippen molar-refractivity contribution >= 4 is 33.8 Å². The summed E-state index contributed by atoms with van der Waals surface area (Å²) in [7, 11) is 1.63. The molecule has 0 aliphatic carbocycles. The van der Waals surface area contributed by atoms with Crippen molar-refractivity contribution < 1.29 is 14.3 Å². The first-order valence-corrected chi connectivity index (χ1v) is 11.1. The molecule has 9 heteroatoms. The van der Waals surface area contributed by atoms with Crippen molar-refractivity contribution in [3.63, 3.8) is 0 Å². The van der Waals surface area contributed by atoms with E-state index < -0.39 is 6.09 Å². The van der Waals surface area contributed by atoms with Crippen molar-refractivity contribution in [3.05, 3.63) is 82.3 Å². The van der Waals surface area contributed by atoms with Crippen LogP contribution in [0.25, 0.3) is 32.9 Å². The summed E-state index contributed by atoms with van der Waals surface area (Å²) in [6.07, 6.45) is -0.0471. The minimum Gasteiger partial charge on any atom is -0.497 e. The van der Waals surface area contributed by atoms with E-state index in [9.17, 15) is 9.59 Å². The summed E-state index contributed by atoms with van der Waals surface area (Å²) >= 11 is 0. The molecule has 2 heterocycles. The number of aromatic nitrogens is 4. The average molecular weight is 470 g/mol. The topological polar surface area (TPSA) is 122 Å². The number of amides is 1. The molecule has 35 heavy (non-hydrogen) atoms. The number of hydrogen-bond acceptors (Lipinski definition) is 6. The Hall–Kier alpha value is -4.66. The fourth-order valence-electron chi connectivity index (χ4n) is 4.06. The highest BCUT2D eigenvalue weighted by Crippen LogP contribution is 2.30. The molecule has 0 aliphatic rings. The molecule has 5 rings (SSSR count). The van der Waals surface area contributed by atoms with Crippen molar-refractivity contribution in [3.8, 4) is 16.9 Å². The van der Waals surface area contributed by atoms with Gasteiger partial charge in [-0.15, -0.1) is 0 Å². The molecular weight excluding hydrogens is 446 g/mol. The second kappa shape index (κ2) is 9.30. The number of aromatic amines is 2. The maximum Gasteiger partial charge on any atom is 0.413 e. The molecule has 5 aromatic rings. The van der Waals surface area contributed by atoms with Gasteiger partial charge in [-0.2, -0.15) is 5.10 Å². The third-order valence-corrected chi connectivity index (χ3v) is 5.66. The summed E-state index contributed by atoms with van der Waals surface area (Å²) in [5.74, 6) is 1.03. The van der Waals surface area contributed by atoms with Gasteiger partial charge >= 0.3 is 6.09 Å². The fraction of sp³-hybridized carbons (Fsp3) is 0.154.